The lowest BCUT2D eigenvalue weighted by Crippen LogP contribution is -2.37. The summed E-state index contributed by atoms with van der Waals surface area (Å²) in [5, 5.41) is 0.676. The Bertz CT molecular complexity index is 1560. The maximum atomic E-state index is 13.2. The Morgan fingerprint density at radius 1 is 1.00 bits per heavy atom. The summed E-state index contributed by atoms with van der Waals surface area (Å²) in [5.74, 6) is 0.339. The van der Waals surface area contributed by atoms with Gasteiger partial charge >= 0.3 is 12.1 Å². The molecular weight excluding hydrogens is 687 g/mol. The van der Waals surface area contributed by atoms with Crippen molar-refractivity contribution < 1.29 is 28.5 Å². The SMILES string of the molecule is CCOC(=O)c1ncsc1N(COCC[Si](C)(C)C)c1ccc(-c2cn(COCC[Si](C)(C)C)c([C@@H]3CCCN3C(=O)OC(C)(C)C)n2)cc1. The molecule has 1 saturated heterocycles. The van der Waals surface area contributed by atoms with Crippen LogP contribution in [0.3, 0.4) is 0 Å². The van der Waals surface area contributed by atoms with Crippen molar-refractivity contribution in [1.29, 1.82) is 0 Å². The van der Waals surface area contributed by atoms with E-state index in [1.54, 1.807) is 17.3 Å². The zero-order valence-electron chi connectivity index (χ0n) is 31.7. The summed E-state index contributed by atoms with van der Waals surface area (Å²) in [6, 6.07) is 9.96. The molecule has 0 radical (unpaired) electrons. The first-order valence-electron chi connectivity index (χ1n) is 17.7. The maximum absolute atomic E-state index is 13.2. The monoisotopic (exact) mass is 743 g/mol. The molecule has 0 saturated carbocycles. The van der Waals surface area contributed by atoms with E-state index in [4.69, 9.17) is 23.9 Å². The zero-order valence-corrected chi connectivity index (χ0v) is 34.5. The van der Waals surface area contributed by atoms with Gasteiger partial charge in [-0.25, -0.2) is 19.6 Å². The van der Waals surface area contributed by atoms with Crippen LogP contribution in [-0.4, -0.2) is 86.3 Å². The molecular formula is C36H57N5O6SSi2. The number of rotatable bonds is 16. The summed E-state index contributed by atoms with van der Waals surface area (Å²) >= 11 is 1.38. The highest BCUT2D eigenvalue weighted by Gasteiger charge is 2.36. The second-order valence-electron chi connectivity index (χ2n) is 16.2. The van der Waals surface area contributed by atoms with Gasteiger partial charge in [0.2, 0.25) is 0 Å². The number of hydrogen-bond donors (Lipinski definition) is 0. The Balaban J connectivity index is 1.64. The Morgan fingerprint density at radius 2 is 1.66 bits per heavy atom. The number of nitrogens with zero attached hydrogens (tertiary/aromatic N) is 5. The van der Waals surface area contributed by atoms with Crippen LogP contribution < -0.4 is 4.90 Å². The summed E-state index contributed by atoms with van der Waals surface area (Å²) < 4.78 is 25.5. The van der Waals surface area contributed by atoms with E-state index >= 15 is 0 Å². The topological polar surface area (TPSA) is 108 Å². The van der Waals surface area contributed by atoms with Crippen LogP contribution in [0.1, 0.15) is 62.9 Å². The van der Waals surface area contributed by atoms with E-state index in [1.165, 1.54) is 11.3 Å². The van der Waals surface area contributed by atoms with Crippen molar-refractivity contribution >= 4 is 50.2 Å². The molecule has 0 aliphatic carbocycles. The first-order chi connectivity index (χ1) is 23.5. The van der Waals surface area contributed by atoms with Crippen LogP contribution in [0.4, 0.5) is 15.5 Å². The smallest absolute Gasteiger partial charge is 0.410 e. The van der Waals surface area contributed by atoms with Crippen LogP contribution >= 0.6 is 11.3 Å². The summed E-state index contributed by atoms with van der Waals surface area (Å²) in [5.41, 5.74) is 3.92. The predicted molar refractivity (Wildman–Crippen MR) is 206 cm³/mol. The molecule has 1 fully saturated rings. The number of aromatic nitrogens is 3. The van der Waals surface area contributed by atoms with E-state index in [1.807, 2.05) is 60.7 Å². The van der Waals surface area contributed by atoms with Crippen molar-refractivity contribution in [2.45, 2.75) is 110 Å². The number of amides is 1. The van der Waals surface area contributed by atoms with E-state index in [-0.39, 0.29) is 31.2 Å². The molecule has 0 N–H and O–H groups in total. The lowest BCUT2D eigenvalue weighted by molar-refractivity contribution is 0.0203. The second-order valence-corrected chi connectivity index (χ2v) is 28.3. The van der Waals surface area contributed by atoms with Gasteiger partial charge in [-0.3, -0.25) is 4.90 Å². The van der Waals surface area contributed by atoms with Crippen molar-refractivity contribution in [3.63, 3.8) is 0 Å². The standard InChI is InChI=1S/C36H57N5O6SSi2/c1-11-46-34(42)31-33(48-24-37-31)41(26-45-20-22-50(8,9)10)28-16-14-27(15-17-28)29-23-39(25-44-19-21-49(5,6)7)32(38-29)30-13-12-18-40(30)35(43)47-36(2,3)4/h14-17,23-24,30H,11-13,18-22,25-26H2,1-10H3/t30-/m0/s1. The molecule has 0 spiro atoms. The Hall–Kier alpha value is -3.05. The quantitative estimate of drug-likeness (QED) is 0.0615. The van der Waals surface area contributed by atoms with Crippen LogP contribution in [0.5, 0.6) is 0 Å². The molecule has 14 heteroatoms. The number of anilines is 2. The number of thiazole rings is 1. The molecule has 276 valence electrons. The Morgan fingerprint density at radius 3 is 2.28 bits per heavy atom. The fourth-order valence-corrected chi connectivity index (χ4v) is 7.73. The highest BCUT2D eigenvalue weighted by Crippen LogP contribution is 2.36. The molecule has 1 aliphatic heterocycles. The van der Waals surface area contributed by atoms with Gasteiger partial charge in [0.05, 0.1) is 23.9 Å². The van der Waals surface area contributed by atoms with Crippen molar-refractivity contribution in [3.05, 3.63) is 47.5 Å². The number of carbonyl (C=O) groups excluding carboxylic acids is 2. The normalized spacial score (nSPS) is 15.4. The Labute approximate surface area is 304 Å². The number of likely N-dealkylation sites (tertiary alicyclic amines) is 1. The largest absolute Gasteiger partial charge is 0.461 e. The van der Waals surface area contributed by atoms with Crippen molar-refractivity contribution in [2.24, 2.45) is 0 Å². The fourth-order valence-electron chi connectivity index (χ4n) is 5.42. The summed E-state index contributed by atoms with van der Waals surface area (Å²) in [6.45, 7) is 24.3. The highest BCUT2D eigenvalue weighted by molar-refractivity contribution is 7.14. The van der Waals surface area contributed by atoms with Gasteiger partial charge in [-0.05, 0) is 64.8 Å². The van der Waals surface area contributed by atoms with Crippen LogP contribution in [0, 0.1) is 0 Å². The fraction of sp³-hybridized carbons (Fsp3) is 0.611. The summed E-state index contributed by atoms with van der Waals surface area (Å²) in [4.78, 5) is 39.3. The van der Waals surface area contributed by atoms with Crippen LogP contribution in [0.15, 0.2) is 36.0 Å². The molecule has 3 heterocycles. The summed E-state index contributed by atoms with van der Waals surface area (Å²) in [6.07, 6.45) is 3.37. The molecule has 50 heavy (non-hydrogen) atoms. The lowest BCUT2D eigenvalue weighted by atomic mass is 10.1. The number of ether oxygens (including phenoxy) is 4. The molecule has 3 aromatic rings. The van der Waals surface area contributed by atoms with Gasteiger partial charge in [0.1, 0.15) is 29.9 Å². The van der Waals surface area contributed by atoms with Crippen LogP contribution in [0.25, 0.3) is 11.3 Å². The molecule has 1 aliphatic rings. The van der Waals surface area contributed by atoms with Gasteiger partial charge in [-0.1, -0.05) is 51.4 Å². The first kappa shape index (κ1) is 39.7. The van der Waals surface area contributed by atoms with Gasteiger partial charge in [0.25, 0.3) is 0 Å². The molecule has 4 rings (SSSR count). The minimum Gasteiger partial charge on any atom is -0.461 e. The third-order valence-corrected chi connectivity index (χ3v) is 12.4. The number of imidazole rings is 1. The third kappa shape index (κ3) is 11.5. The third-order valence-electron chi connectivity index (χ3n) is 8.17. The molecule has 1 atom stereocenters. The van der Waals surface area contributed by atoms with E-state index in [2.05, 4.69) is 44.3 Å². The minimum absolute atomic E-state index is 0.213. The van der Waals surface area contributed by atoms with Crippen LogP contribution in [-0.2, 0) is 25.7 Å². The second kappa shape index (κ2) is 17.0. The number of hydrogen-bond acceptors (Lipinski definition) is 10. The van der Waals surface area contributed by atoms with E-state index in [0.29, 0.717) is 31.5 Å². The highest BCUT2D eigenvalue weighted by atomic mass is 32.1. The van der Waals surface area contributed by atoms with Gasteiger partial charge in [-0.2, -0.15) is 0 Å². The molecule has 0 unspecified atom stereocenters. The summed E-state index contributed by atoms with van der Waals surface area (Å²) in [7, 11) is -2.54. The van der Waals surface area contributed by atoms with Crippen molar-refractivity contribution in [2.75, 3.05) is 38.0 Å². The van der Waals surface area contributed by atoms with Gasteiger partial charge in [0.15, 0.2) is 5.69 Å². The molecule has 1 aromatic carbocycles. The van der Waals surface area contributed by atoms with E-state index in [0.717, 1.165) is 47.7 Å². The predicted octanol–water partition coefficient (Wildman–Crippen LogP) is 9.02. The number of esters is 1. The maximum Gasteiger partial charge on any atom is 0.410 e. The first-order valence-corrected chi connectivity index (χ1v) is 26.0. The van der Waals surface area contributed by atoms with Gasteiger partial charge < -0.3 is 28.4 Å². The Kier molecular flexibility index (Phi) is 13.5. The molecule has 2 aromatic heterocycles. The number of benzene rings is 1. The van der Waals surface area contributed by atoms with Gasteiger partial charge in [0, 0.05) is 53.4 Å². The van der Waals surface area contributed by atoms with Gasteiger partial charge in [-0.15, -0.1) is 11.3 Å². The lowest BCUT2D eigenvalue weighted by Gasteiger charge is -2.28. The van der Waals surface area contributed by atoms with E-state index in [9.17, 15) is 9.59 Å². The van der Waals surface area contributed by atoms with Crippen LogP contribution in [0.2, 0.25) is 51.4 Å². The molecule has 0 bridgehead atoms. The minimum atomic E-state index is -1.29. The average molecular weight is 744 g/mol. The van der Waals surface area contributed by atoms with Crippen molar-refractivity contribution in [3.8, 4) is 11.3 Å². The molecule has 11 nitrogen and oxygen atoms in total. The van der Waals surface area contributed by atoms with Crippen molar-refractivity contribution in [1.82, 2.24) is 19.4 Å². The average Bonchev–Trinajstić information content (AvgIpc) is 3.78. The number of carbonyl (C=O) groups is 2. The van der Waals surface area contributed by atoms with E-state index < -0.39 is 27.7 Å². The zero-order chi connectivity index (χ0) is 36.7. The molecule has 1 amide bonds.